The Labute approximate surface area is 137 Å². The Kier molecular flexibility index (Phi) is 5.40. The number of carbonyl (C=O) groups excluding carboxylic acids is 1. The standard InChI is InChI=1S/C19H23NO3/c1-19(2,3)23-18(22)20-17(13-21)16-11-9-15(10-12-16)14-7-5-4-6-8-14/h4-12,17,21H,13H2,1-3H3,(H,20,22)/t17-/m0/s1. The number of hydrogen-bond donors (Lipinski definition) is 2. The SMILES string of the molecule is CC(C)(C)OC(=O)N[C@@H](CO)c1ccc(-c2ccccc2)cc1. The quantitative estimate of drug-likeness (QED) is 0.899. The van der Waals surface area contributed by atoms with Gasteiger partial charge < -0.3 is 15.2 Å². The van der Waals surface area contributed by atoms with E-state index in [2.05, 4.69) is 5.32 Å². The Bertz CT molecular complexity index is 630. The third-order valence-electron chi connectivity index (χ3n) is 3.29. The molecular weight excluding hydrogens is 290 g/mol. The first-order valence-electron chi connectivity index (χ1n) is 7.65. The highest BCUT2D eigenvalue weighted by molar-refractivity contribution is 5.69. The molecule has 0 spiro atoms. The number of benzene rings is 2. The first-order valence-corrected chi connectivity index (χ1v) is 7.65. The van der Waals surface area contributed by atoms with Crippen LogP contribution < -0.4 is 5.32 Å². The second-order valence-corrected chi connectivity index (χ2v) is 6.37. The Morgan fingerprint density at radius 1 is 1.04 bits per heavy atom. The lowest BCUT2D eigenvalue weighted by Gasteiger charge is -2.23. The van der Waals surface area contributed by atoms with Crippen molar-refractivity contribution in [3.8, 4) is 11.1 Å². The van der Waals surface area contributed by atoms with Crippen LogP contribution in [0.15, 0.2) is 54.6 Å². The molecule has 0 heterocycles. The molecule has 0 saturated heterocycles. The summed E-state index contributed by atoms with van der Waals surface area (Å²) >= 11 is 0. The zero-order chi connectivity index (χ0) is 16.9. The van der Waals surface area contributed by atoms with Crippen LogP contribution in [0.2, 0.25) is 0 Å². The van der Waals surface area contributed by atoms with E-state index >= 15 is 0 Å². The molecule has 2 aromatic carbocycles. The Balaban J connectivity index is 2.08. The van der Waals surface area contributed by atoms with E-state index in [0.717, 1.165) is 16.7 Å². The minimum atomic E-state index is -0.568. The van der Waals surface area contributed by atoms with Gasteiger partial charge in [-0.05, 0) is 37.5 Å². The van der Waals surface area contributed by atoms with Gasteiger partial charge >= 0.3 is 6.09 Å². The molecule has 2 aromatic rings. The maximum Gasteiger partial charge on any atom is 0.408 e. The molecule has 0 radical (unpaired) electrons. The molecule has 0 aliphatic carbocycles. The van der Waals surface area contributed by atoms with Crippen molar-refractivity contribution in [1.82, 2.24) is 5.32 Å². The molecule has 0 bridgehead atoms. The number of ether oxygens (including phenoxy) is 1. The third-order valence-corrected chi connectivity index (χ3v) is 3.29. The first kappa shape index (κ1) is 17.0. The molecule has 1 atom stereocenters. The minimum Gasteiger partial charge on any atom is -0.444 e. The molecule has 23 heavy (non-hydrogen) atoms. The van der Waals surface area contributed by atoms with Crippen LogP contribution in [-0.4, -0.2) is 23.4 Å². The van der Waals surface area contributed by atoms with Crippen LogP contribution in [0.5, 0.6) is 0 Å². The van der Waals surface area contributed by atoms with Gasteiger partial charge in [-0.1, -0.05) is 54.6 Å². The van der Waals surface area contributed by atoms with E-state index in [1.54, 1.807) is 20.8 Å². The van der Waals surface area contributed by atoms with Crippen LogP contribution in [0.1, 0.15) is 32.4 Å². The summed E-state index contributed by atoms with van der Waals surface area (Å²) in [6.07, 6.45) is -0.538. The van der Waals surface area contributed by atoms with Crippen LogP contribution in [-0.2, 0) is 4.74 Å². The predicted molar refractivity (Wildman–Crippen MR) is 91.1 cm³/mol. The lowest BCUT2D eigenvalue weighted by atomic mass is 10.0. The van der Waals surface area contributed by atoms with E-state index in [4.69, 9.17) is 4.74 Å². The maximum atomic E-state index is 11.8. The van der Waals surface area contributed by atoms with E-state index in [9.17, 15) is 9.90 Å². The number of rotatable bonds is 4. The summed E-state index contributed by atoms with van der Waals surface area (Å²) in [7, 11) is 0. The van der Waals surface area contributed by atoms with Crippen molar-refractivity contribution >= 4 is 6.09 Å². The van der Waals surface area contributed by atoms with Crippen LogP contribution >= 0.6 is 0 Å². The number of amides is 1. The maximum absolute atomic E-state index is 11.8. The van der Waals surface area contributed by atoms with Gasteiger partial charge in [0.25, 0.3) is 0 Å². The molecule has 0 unspecified atom stereocenters. The summed E-state index contributed by atoms with van der Waals surface area (Å²) in [5.41, 5.74) is 2.47. The van der Waals surface area contributed by atoms with Gasteiger partial charge in [0, 0.05) is 0 Å². The minimum absolute atomic E-state index is 0.191. The molecule has 0 saturated carbocycles. The Morgan fingerprint density at radius 3 is 2.13 bits per heavy atom. The van der Waals surface area contributed by atoms with Crippen molar-refractivity contribution in [3.05, 3.63) is 60.2 Å². The molecule has 0 aliphatic heterocycles. The largest absolute Gasteiger partial charge is 0.444 e. The summed E-state index contributed by atoms with van der Waals surface area (Å²) in [6.45, 7) is 5.21. The Morgan fingerprint density at radius 2 is 1.61 bits per heavy atom. The van der Waals surface area contributed by atoms with Gasteiger partial charge in [-0.25, -0.2) is 4.79 Å². The molecule has 2 N–H and O–H groups in total. The van der Waals surface area contributed by atoms with Gasteiger partial charge in [0.15, 0.2) is 0 Å². The van der Waals surface area contributed by atoms with Crippen molar-refractivity contribution in [2.45, 2.75) is 32.4 Å². The average Bonchev–Trinajstić information content (AvgIpc) is 2.52. The van der Waals surface area contributed by atoms with E-state index in [1.807, 2.05) is 54.6 Å². The molecule has 0 aliphatic rings. The van der Waals surface area contributed by atoms with Gasteiger partial charge in [0.2, 0.25) is 0 Å². The van der Waals surface area contributed by atoms with E-state index in [-0.39, 0.29) is 6.61 Å². The van der Waals surface area contributed by atoms with E-state index in [0.29, 0.717) is 0 Å². The normalized spacial score (nSPS) is 12.5. The van der Waals surface area contributed by atoms with E-state index < -0.39 is 17.7 Å². The van der Waals surface area contributed by atoms with Crippen LogP contribution in [0, 0.1) is 0 Å². The lowest BCUT2D eigenvalue weighted by Crippen LogP contribution is -2.36. The van der Waals surface area contributed by atoms with Crippen molar-refractivity contribution < 1.29 is 14.6 Å². The number of hydrogen-bond acceptors (Lipinski definition) is 3. The summed E-state index contributed by atoms with van der Waals surface area (Å²) in [5.74, 6) is 0. The van der Waals surface area contributed by atoms with Crippen molar-refractivity contribution in [1.29, 1.82) is 0 Å². The number of aliphatic hydroxyl groups excluding tert-OH is 1. The highest BCUT2D eigenvalue weighted by Crippen LogP contribution is 2.22. The van der Waals surface area contributed by atoms with Gasteiger partial charge in [-0.3, -0.25) is 0 Å². The summed E-state index contributed by atoms with van der Waals surface area (Å²) < 4.78 is 5.22. The molecule has 0 aromatic heterocycles. The van der Waals surface area contributed by atoms with Gasteiger partial charge in [-0.2, -0.15) is 0 Å². The van der Waals surface area contributed by atoms with Crippen LogP contribution in [0.3, 0.4) is 0 Å². The van der Waals surface area contributed by atoms with E-state index in [1.165, 1.54) is 0 Å². The monoisotopic (exact) mass is 313 g/mol. The average molecular weight is 313 g/mol. The van der Waals surface area contributed by atoms with Gasteiger partial charge in [0.05, 0.1) is 12.6 Å². The van der Waals surface area contributed by atoms with Crippen molar-refractivity contribution in [2.24, 2.45) is 0 Å². The molecule has 4 nitrogen and oxygen atoms in total. The zero-order valence-corrected chi connectivity index (χ0v) is 13.7. The first-order chi connectivity index (χ1) is 10.9. The van der Waals surface area contributed by atoms with Gasteiger partial charge in [-0.15, -0.1) is 0 Å². The fraction of sp³-hybridized carbons (Fsp3) is 0.316. The smallest absolute Gasteiger partial charge is 0.408 e. The fourth-order valence-electron chi connectivity index (χ4n) is 2.22. The van der Waals surface area contributed by atoms with Crippen molar-refractivity contribution in [3.63, 3.8) is 0 Å². The second-order valence-electron chi connectivity index (χ2n) is 6.37. The molecule has 122 valence electrons. The van der Waals surface area contributed by atoms with Gasteiger partial charge in [0.1, 0.15) is 5.60 Å². The lowest BCUT2D eigenvalue weighted by molar-refractivity contribution is 0.0482. The molecule has 4 heteroatoms. The van der Waals surface area contributed by atoms with Crippen molar-refractivity contribution in [2.75, 3.05) is 6.61 Å². The summed E-state index contributed by atoms with van der Waals surface area (Å²) in [6, 6.07) is 17.3. The third kappa shape index (κ3) is 5.11. The number of nitrogens with one attached hydrogen (secondary N) is 1. The molecule has 1 amide bonds. The second kappa shape index (κ2) is 7.29. The predicted octanol–water partition coefficient (Wildman–Crippen LogP) is 3.91. The zero-order valence-electron chi connectivity index (χ0n) is 13.7. The highest BCUT2D eigenvalue weighted by atomic mass is 16.6. The molecule has 2 rings (SSSR count). The number of alkyl carbamates (subject to hydrolysis) is 1. The molecule has 0 fully saturated rings. The fourth-order valence-corrected chi connectivity index (χ4v) is 2.22. The van der Waals surface area contributed by atoms with Crippen LogP contribution in [0.25, 0.3) is 11.1 Å². The molecular formula is C19H23NO3. The number of aliphatic hydroxyl groups is 1. The highest BCUT2D eigenvalue weighted by Gasteiger charge is 2.20. The van der Waals surface area contributed by atoms with Crippen LogP contribution in [0.4, 0.5) is 4.79 Å². The number of carbonyl (C=O) groups is 1. The summed E-state index contributed by atoms with van der Waals surface area (Å²) in [5, 5.41) is 12.2. The summed E-state index contributed by atoms with van der Waals surface area (Å²) in [4.78, 5) is 11.8. The topological polar surface area (TPSA) is 58.6 Å². The Hall–Kier alpha value is -2.33.